The van der Waals surface area contributed by atoms with Gasteiger partial charge in [0.1, 0.15) is 5.75 Å². The second-order valence-corrected chi connectivity index (χ2v) is 6.05. The van der Waals surface area contributed by atoms with Gasteiger partial charge < -0.3 is 15.2 Å². The van der Waals surface area contributed by atoms with Crippen LogP contribution in [0.25, 0.3) is 0 Å². The minimum absolute atomic E-state index is 0.0722. The van der Waals surface area contributed by atoms with Crippen molar-refractivity contribution >= 4 is 15.9 Å². The molecule has 1 saturated heterocycles. The van der Waals surface area contributed by atoms with Crippen molar-refractivity contribution in [2.45, 2.75) is 31.2 Å². The van der Waals surface area contributed by atoms with Crippen LogP contribution in [0.4, 0.5) is 0 Å². The summed E-state index contributed by atoms with van der Waals surface area (Å²) in [6.07, 6.45) is 2.04. The fraction of sp³-hybridized carbons (Fsp3) is 0.571. The normalized spacial score (nSPS) is 19.1. The van der Waals surface area contributed by atoms with Crippen molar-refractivity contribution < 1.29 is 9.47 Å². The van der Waals surface area contributed by atoms with E-state index in [-0.39, 0.29) is 11.5 Å². The standard InChI is InChI=1S/C14H20BrNO2/c1-10(16)5-6-14(8-18-9-14)12-7-11(15)3-4-13(12)17-2/h3-4,7,10H,5-6,8-9,16H2,1-2H3. The maximum absolute atomic E-state index is 5.88. The molecule has 0 aliphatic carbocycles. The zero-order valence-electron chi connectivity index (χ0n) is 10.9. The molecule has 0 amide bonds. The predicted molar refractivity (Wildman–Crippen MR) is 76.1 cm³/mol. The third-order valence-electron chi connectivity index (χ3n) is 3.57. The molecule has 1 atom stereocenters. The van der Waals surface area contributed by atoms with E-state index in [2.05, 4.69) is 22.0 Å². The number of hydrogen-bond donors (Lipinski definition) is 1. The molecular weight excluding hydrogens is 294 g/mol. The van der Waals surface area contributed by atoms with Crippen LogP contribution in [0, 0.1) is 0 Å². The zero-order chi connectivity index (χ0) is 13.2. The average Bonchev–Trinajstić information content (AvgIpc) is 2.27. The highest BCUT2D eigenvalue weighted by atomic mass is 79.9. The van der Waals surface area contributed by atoms with Gasteiger partial charge in [-0.2, -0.15) is 0 Å². The summed E-state index contributed by atoms with van der Waals surface area (Å²) in [5.41, 5.74) is 7.18. The van der Waals surface area contributed by atoms with Gasteiger partial charge in [-0.25, -0.2) is 0 Å². The Morgan fingerprint density at radius 2 is 2.22 bits per heavy atom. The summed E-state index contributed by atoms with van der Waals surface area (Å²) in [6.45, 7) is 3.56. The van der Waals surface area contributed by atoms with Gasteiger partial charge in [0.2, 0.25) is 0 Å². The zero-order valence-corrected chi connectivity index (χ0v) is 12.5. The lowest BCUT2D eigenvalue weighted by molar-refractivity contribution is -0.0665. The van der Waals surface area contributed by atoms with Crippen LogP contribution in [-0.4, -0.2) is 26.4 Å². The van der Waals surface area contributed by atoms with E-state index in [1.165, 1.54) is 5.56 Å². The second kappa shape index (κ2) is 5.59. The minimum atomic E-state index is 0.0722. The third-order valence-corrected chi connectivity index (χ3v) is 4.06. The molecule has 1 fully saturated rings. The van der Waals surface area contributed by atoms with Crippen LogP contribution in [0.3, 0.4) is 0 Å². The Labute approximate surface area is 117 Å². The lowest BCUT2D eigenvalue weighted by Crippen LogP contribution is -2.47. The van der Waals surface area contributed by atoms with Gasteiger partial charge in [-0.05, 0) is 38.0 Å². The summed E-state index contributed by atoms with van der Waals surface area (Å²) < 4.78 is 12.0. The van der Waals surface area contributed by atoms with Gasteiger partial charge >= 0.3 is 0 Å². The molecule has 0 saturated carbocycles. The Morgan fingerprint density at radius 3 is 2.72 bits per heavy atom. The molecule has 18 heavy (non-hydrogen) atoms. The largest absolute Gasteiger partial charge is 0.496 e. The smallest absolute Gasteiger partial charge is 0.122 e. The highest BCUT2D eigenvalue weighted by molar-refractivity contribution is 9.10. The van der Waals surface area contributed by atoms with Crippen LogP contribution >= 0.6 is 15.9 Å². The number of nitrogens with two attached hydrogens (primary N) is 1. The molecule has 1 heterocycles. The summed E-state index contributed by atoms with van der Waals surface area (Å²) in [7, 11) is 1.71. The van der Waals surface area contributed by atoms with E-state index < -0.39 is 0 Å². The molecule has 2 N–H and O–H groups in total. The molecule has 1 aromatic rings. The van der Waals surface area contributed by atoms with Crippen molar-refractivity contribution in [3.05, 3.63) is 28.2 Å². The van der Waals surface area contributed by atoms with Gasteiger partial charge in [-0.1, -0.05) is 15.9 Å². The fourth-order valence-electron chi connectivity index (χ4n) is 2.38. The number of rotatable bonds is 5. The van der Waals surface area contributed by atoms with E-state index in [1.807, 2.05) is 19.1 Å². The monoisotopic (exact) mass is 313 g/mol. The average molecular weight is 314 g/mol. The number of ether oxygens (including phenoxy) is 2. The third kappa shape index (κ3) is 2.71. The number of methoxy groups -OCH3 is 1. The quantitative estimate of drug-likeness (QED) is 0.909. The van der Waals surface area contributed by atoms with E-state index >= 15 is 0 Å². The number of hydrogen-bond acceptors (Lipinski definition) is 3. The highest BCUT2D eigenvalue weighted by Crippen LogP contribution is 2.42. The van der Waals surface area contributed by atoms with Crippen molar-refractivity contribution in [3.8, 4) is 5.75 Å². The Bertz CT molecular complexity index is 416. The van der Waals surface area contributed by atoms with Crippen LogP contribution in [0.15, 0.2) is 22.7 Å². The summed E-state index contributed by atoms with van der Waals surface area (Å²) >= 11 is 3.53. The Hall–Kier alpha value is -0.580. The minimum Gasteiger partial charge on any atom is -0.496 e. The van der Waals surface area contributed by atoms with Crippen molar-refractivity contribution in [1.82, 2.24) is 0 Å². The first kappa shape index (κ1) is 13.8. The topological polar surface area (TPSA) is 44.5 Å². The van der Waals surface area contributed by atoms with Crippen LogP contribution in [0.2, 0.25) is 0 Å². The maximum Gasteiger partial charge on any atom is 0.122 e. The molecule has 1 aromatic carbocycles. The van der Waals surface area contributed by atoms with E-state index in [0.717, 1.165) is 36.3 Å². The lowest BCUT2D eigenvalue weighted by atomic mass is 9.74. The molecule has 4 heteroatoms. The first-order valence-electron chi connectivity index (χ1n) is 6.25. The van der Waals surface area contributed by atoms with E-state index in [9.17, 15) is 0 Å². The molecule has 1 aliphatic heterocycles. The van der Waals surface area contributed by atoms with Crippen molar-refractivity contribution in [3.63, 3.8) is 0 Å². The summed E-state index contributed by atoms with van der Waals surface area (Å²) in [5, 5.41) is 0. The molecule has 1 unspecified atom stereocenters. The SMILES string of the molecule is COc1ccc(Br)cc1C1(CCC(C)N)COC1. The van der Waals surface area contributed by atoms with Crippen LogP contribution in [0.5, 0.6) is 5.75 Å². The fourth-order valence-corrected chi connectivity index (χ4v) is 2.74. The van der Waals surface area contributed by atoms with Crippen LogP contribution < -0.4 is 10.5 Å². The number of halogens is 1. The second-order valence-electron chi connectivity index (χ2n) is 5.13. The van der Waals surface area contributed by atoms with E-state index in [4.69, 9.17) is 15.2 Å². The molecule has 0 spiro atoms. The predicted octanol–water partition coefficient (Wildman–Crippen LogP) is 2.85. The molecule has 100 valence electrons. The summed E-state index contributed by atoms with van der Waals surface area (Å²) in [5.74, 6) is 0.936. The van der Waals surface area contributed by atoms with Gasteiger partial charge in [0.25, 0.3) is 0 Å². The van der Waals surface area contributed by atoms with Crippen LogP contribution in [-0.2, 0) is 10.2 Å². The summed E-state index contributed by atoms with van der Waals surface area (Å²) in [6, 6.07) is 6.37. The molecule has 1 aliphatic rings. The van der Waals surface area contributed by atoms with Gasteiger partial charge in [0.15, 0.2) is 0 Å². The van der Waals surface area contributed by atoms with Gasteiger partial charge in [-0.15, -0.1) is 0 Å². The molecular formula is C14H20BrNO2. The molecule has 2 rings (SSSR count). The van der Waals surface area contributed by atoms with Crippen molar-refractivity contribution in [2.24, 2.45) is 5.73 Å². The lowest BCUT2D eigenvalue weighted by Gasteiger charge is -2.43. The Kier molecular flexibility index (Phi) is 4.30. The highest BCUT2D eigenvalue weighted by Gasteiger charge is 2.42. The Balaban J connectivity index is 2.28. The molecule has 0 bridgehead atoms. The maximum atomic E-state index is 5.88. The van der Waals surface area contributed by atoms with Gasteiger partial charge in [-0.3, -0.25) is 0 Å². The Morgan fingerprint density at radius 1 is 1.50 bits per heavy atom. The first-order chi connectivity index (χ1) is 8.57. The molecule has 3 nitrogen and oxygen atoms in total. The number of benzene rings is 1. The molecule has 0 aromatic heterocycles. The van der Waals surface area contributed by atoms with Crippen molar-refractivity contribution in [1.29, 1.82) is 0 Å². The van der Waals surface area contributed by atoms with E-state index in [0.29, 0.717) is 0 Å². The van der Waals surface area contributed by atoms with E-state index in [1.54, 1.807) is 7.11 Å². The van der Waals surface area contributed by atoms with Gasteiger partial charge in [0, 0.05) is 21.5 Å². The molecule has 0 radical (unpaired) electrons. The summed E-state index contributed by atoms with van der Waals surface area (Å²) in [4.78, 5) is 0. The van der Waals surface area contributed by atoms with Crippen molar-refractivity contribution in [2.75, 3.05) is 20.3 Å². The van der Waals surface area contributed by atoms with Gasteiger partial charge in [0.05, 0.1) is 20.3 Å². The first-order valence-corrected chi connectivity index (χ1v) is 7.04. The van der Waals surface area contributed by atoms with Crippen LogP contribution in [0.1, 0.15) is 25.3 Å².